The maximum absolute atomic E-state index is 9.75. The van der Waals surface area contributed by atoms with Gasteiger partial charge >= 0.3 is 7.25 Å². The van der Waals surface area contributed by atoms with Crippen molar-refractivity contribution in [2.24, 2.45) is 0 Å². The summed E-state index contributed by atoms with van der Waals surface area (Å²) in [6, 6.07) is 10.5. The van der Waals surface area contributed by atoms with Crippen LogP contribution in [0.3, 0.4) is 0 Å². The Kier molecular flexibility index (Phi) is 7.44. The fourth-order valence-electron chi connectivity index (χ4n) is 2.03. The molecule has 1 aliphatic rings. The summed E-state index contributed by atoms with van der Waals surface area (Å²) in [6.07, 6.45) is 9.28. The molecule has 1 aromatic carbocycles. The van der Waals surface area contributed by atoms with E-state index in [9.17, 15) is 17.3 Å². The number of halogens is 4. The summed E-state index contributed by atoms with van der Waals surface area (Å²) in [5.41, 5.74) is 0. The molecule has 0 N–H and O–H groups in total. The largest absolute Gasteiger partial charge is 0.673 e. The lowest BCUT2D eigenvalue weighted by Crippen LogP contribution is -2.20. The van der Waals surface area contributed by atoms with E-state index in [2.05, 4.69) is 36.6 Å². The maximum Gasteiger partial charge on any atom is 0.673 e. The van der Waals surface area contributed by atoms with Gasteiger partial charge in [0.1, 0.15) is 12.4 Å². The van der Waals surface area contributed by atoms with Crippen LogP contribution >= 0.6 is 0 Å². The highest BCUT2D eigenvalue weighted by Gasteiger charge is 2.25. The molecule has 1 nitrogen and oxygen atoms in total. The molecule has 0 heterocycles. The zero-order valence-electron chi connectivity index (χ0n) is 11.4. The summed E-state index contributed by atoms with van der Waals surface area (Å²) in [4.78, 5) is 1.32. The third-order valence-electron chi connectivity index (χ3n) is 2.91. The maximum atomic E-state index is 9.75. The van der Waals surface area contributed by atoms with Crippen molar-refractivity contribution < 1.29 is 21.4 Å². The zero-order chi connectivity index (χ0) is 15.0. The summed E-state index contributed by atoms with van der Waals surface area (Å²) in [5, 5.41) is 0. The fraction of sp³-hybridized carbons (Fsp3) is 0.538. The molecule has 1 aromatic rings. The van der Waals surface area contributed by atoms with Crippen molar-refractivity contribution in [1.82, 2.24) is 0 Å². The third kappa shape index (κ3) is 8.48. The lowest BCUT2D eigenvalue weighted by atomic mass is 9.98. The first-order valence-corrected chi connectivity index (χ1v) is 8.17. The molecule has 0 aliphatic heterocycles. The van der Waals surface area contributed by atoms with Gasteiger partial charge in [-0.25, -0.2) is 0 Å². The van der Waals surface area contributed by atoms with Crippen LogP contribution in [0, 0.1) is 0 Å². The summed E-state index contributed by atoms with van der Waals surface area (Å²) in [7, 11) is -6.00. The molecule has 0 aromatic heterocycles. The molecule has 0 radical (unpaired) electrons. The number of hydrogen-bond acceptors (Lipinski definition) is 1. The van der Waals surface area contributed by atoms with Crippen molar-refractivity contribution in [2.75, 3.05) is 6.26 Å². The van der Waals surface area contributed by atoms with Crippen molar-refractivity contribution >= 4 is 18.4 Å². The molecular formula is C13H19BF4OS. The Labute approximate surface area is 120 Å². The van der Waals surface area contributed by atoms with Crippen LogP contribution in [0.4, 0.5) is 17.3 Å². The zero-order valence-corrected chi connectivity index (χ0v) is 12.2. The summed E-state index contributed by atoms with van der Waals surface area (Å²) in [5.74, 6) is 0. The minimum atomic E-state index is -6.00. The second-order valence-electron chi connectivity index (χ2n) is 4.62. The Hall–Kier alpha value is -0.685. The van der Waals surface area contributed by atoms with E-state index in [1.807, 2.05) is 0 Å². The molecule has 1 fully saturated rings. The van der Waals surface area contributed by atoms with Crippen LogP contribution in [0.15, 0.2) is 35.2 Å². The molecule has 7 heteroatoms. The van der Waals surface area contributed by atoms with Gasteiger partial charge in [-0.2, -0.15) is 4.18 Å². The van der Waals surface area contributed by atoms with Crippen molar-refractivity contribution in [2.45, 2.75) is 43.1 Å². The van der Waals surface area contributed by atoms with E-state index < -0.39 is 7.25 Å². The Bertz CT molecular complexity index is 362. The first-order valence-electron chi connectivity index (χ1n) is 6.61. The summed E-state index contributed by atoms with van der Waals surface area (Å²) >= 11 is -0.0310. The Morgan fingerprint density at radius 2 is 1.50 bits per heavy atom. The van der Waals surface area contributed by atoms with E-state index in [1.54, 1.807) is 0 Å². The smallest absolute Gasteiger partial charge is 0.418 e. The first-order chi connectivity index (χ1) is 9.36. The fourth-order valence-corrected chi connectivity index (χ4v) is 3.29. The normalized spacial score (nSPS) is 18.1. The molecule has 0 amide bonds. The molecule has 0 spiro atoms. The van der Waals surface area contributed by atoms with Crippen LogP contribution in [-0.2, 0) is 15.4 Å². The molecule has 0 bridgehead atoms. The van der Waals surface area contributed by atoms with Gasteiger partial charge in [-0.1, -0.05) is 37.5 Å². The van der Waals surface area contributed by atoms with Crippen LogP contribution in [0.2, 0.25) is 0 Å². The highest BCUT2D eigenvalue weighted by molar-refractivity contribution is 7.91. The quantitative estimate of drug-likeness (QED) is 0.440. The van der Waals surface area contributed by atoms with Crippen LogP contribution in [0.5, 0.6) is 0 Å². The number of hydrogen-bond donors (Lipinski definition) is 0. The summed E-state index contributed by atoms with van der Waals surface area (Å²) in [6.45, 7) is 0. The van der Waals surface area contributed by atoms with Crippen LogP contribution in [-0.4, -0.2) is 19.6 Å². The second-order valence-corrected chi connectivity index (χ2v) is 6.19. The van der Waals surface area contributed by atoms with Crippen LogP contribution < -0.4 is 0 Å². The highest BCUT2D eigenvalue weighted by Crippen LogP contribution is 2.24. The molecule has 1 aliphatic carbocycles. The molecule has 1 saturated carbocycles. The van der Waals surface area contributed by atoms with Gasteiger partial charge in [-0.3, -0.25) is 0 Å². The monoisotopic (exact) mass is 310 g/mol. The molecule has 0 saturated heterocycles. The van der Waals surface area contributed by atoms with Gasteiger partial charge in [-0.05, 0) is 25.0 Å². The minimum Gasteiger partial charge on any atom is -0.418 e. The van der Waals surface area contributed by atoms with E-state index >= 15 is 0 Å². The number of rotatable bonds is 3. The molecule has 20 heavy (non-hydrogen) atoms. The molecular weight excluding hydrogens is 291 g/mol. The summed E-state index contributed by atoms with van der Waals surface area (Å²) < 4.78 is 45.1. The van der Waals surface area contributed by atoms with Gasteiger partial charge in [0.2, 0.25) is 0 Å². The van der Waals surface area contributed by atoms with Crippen LogP contribution in [0.25, 0.3) is 0 Å². The second kappa shape index (κ2) is 8.57. The van der Waals surface area contributed by atoms with E-state index in [4.69, 9.17) is 4.18 Å². The average Bonchev–Trinajstić information content (AvgIpc) is 2.39. The third-order valence-corrected chi connectivity index (χ3v) is 4.40. The molecule has 2 rings (SSSR count). The SMILES string of the molecule is C[S+](OC1CCCCC1)c1ccccc1.F[B-](F)(F)F. The first kappa shape index (κ1) is 17.4. The molecule has 1 unspecified atom stereocenters. The van der Waals surface area contributed by atoms with Gasteiger partial charge in [-0.15, -0.1) is 0 Å². The Balaban J connectivity index is 0.000000347. The van der Waals surface area contributed by atoms with E-state index in [-0.39, 0.29) is 11.2 Å². The Morgan fingerprint density at radius 1 is 1.00 bits per heavy atom. The van der Waals surface area contributed by atoms with Gasteiger partial charge in [0.15, 0.2) is 16.1 Å². The molecule has 114 valence electrons. The number of benzene rings is 1. The predicted molar refractivity (Wildman–Crippen MR) is 76.1 cm³/mol. The van der Waals surface area contributed by atoms with E-state index in [1.165, 1.54) is 37.0 Å². The van der Waals surface area contributed by atoms with Gasteiger partial charge < -0.3 is 17.3 Å². The van der Waals surface area contributed by atoms with Gasteiger partial charge in [0.05, 0.1) is 0 Å². The predicted octanol–water partition coefficient (Wildman–Crippen LogP) is 4.86. The van der Waals surface area contributed by atoms with Crippen molar-refractivity contribution in [1.29, 1.82) is 0 Å². The minimum absolute atomic E-state index is 0.0310. The standard InChI is InChI=1S/C13H19OS.BF4/c1-15(13-10-6-3-7-11-13)14-12-8-4-2-5-9-12;2-1(3,4)5/h3,6-7,10-12H,2,4-5,8-9H2,1H3;/q+1;-1. The van der Waals surface area contributed by atoms with E-state index in [0.29, 0.717) is 6.10 Å². The van der Waals surface area contributed by atoms with Crippen LogP contribution in [0.1, 0.15) is 32.1 Å². The molecule has 1 atom stereocenters. The van der Waals surface area contributed by atoms with Crippen molar-refractivity contribution in [3.63, 3.8) is 0 Å². The van der Waals surface area contributed by atoms with Crippen molar-refractivity contribution in [3.8, 4) is 0 Å². The highest BCUT2D eigenvalue weighted by atomic mass is 32.2. The lowest BCUT2D eigenvalue weighted by Gasteiger charge is -2.18. The van der Waals surface area contributed by atoms with Gasteiger partial charge in [0.25, 0.3) is 0 Å². The Morgan fingerprint density at radius 3 is 2.00 bits per heavy atom. The average molecular weight is 310 g/mol. The van der Waals surface area contributed by atoms with Gasteiger partial charge in [0, 0.05) is 0 Å². The van der Waals surface area contributed by atoms with Crippen molar-refractivity contribution in [3.05, 3.63) is 30.3 Å². The lowest BCUT2D eigenvalue weighted by molar-refractivity contribution is 0.179. The topological polar surface area (TPSA) is 9.23 Å². The van der Waals surface area contributed by atoms with E-state index in [0.717, 1.165) is 0 Å².